The molecular formula is C26H39IN4O2. The zero-order valence-corrected chi connectivity index (χ0v) is 22.4. The monoisotopic (exact) mass is 566 g/mol. The Morgan fingerprint density at radius 3 is 2.24 bits per heavy atom. The fourth-order valence-corrected chi connectivity index (χ4v) is 3.81. The molecule has 2 aromatic rings. The van der Waals surface area contributed by atoms with Crippen molar-refractivity contribution in [1.82, 2.24) is 15.5 Å². The SMILES string of the molecule is CCNC(=NCc1ccc(CN2CCCC2)cc1)NCC(O)c1ccc(OC(C)C)cc1.I. The Labute approximate surface area is 215 Å². The van der Waals surface area contributed by atoms with E-state index in [1.807, 2.05) is 45.0 Å². The first-order valence-corrected chi connectivity index (χ1v) is 11.8. The highest BCUT2D eigenvalue weighted by molar-refractivity contribution is 14.0. The van der Waals surface area contributed by atoms with Crippen molar-refractivity contribution in [3.05, 3.63) is 65.2 Å². The van der Waals surface area contributed by atoms with Gasteiger partial charge in [-0.1, -0.05) is 36.4 Å². The van der Waals surface area contributed by atoms with Crippen LogP contribution in [0, 0.1) is 0 Å². The molecule has 1 aliphatic heterocycles. The molecule has 6 nitrogen and oxygen atoms in total. The molecule has 0 spiro atoms. The number of likely N-dealkylation sites (tertiary alicyclic amines) is 1. The summed E-state index contributed by atoms with van der Waals surface area (Å²) in [5.41, 5.74) is 3.38. The van der Waals surface area contributed by atoms with Crippen LogP contribution in [0.25, 0.3) is 0 Å². The number of aliphatic hydroxyl groups excluding tert-OH is 1. The smallest absolute Gasteiger partial charge is 0.191 e. The number of aliphatic imine (C=N–C) groups is 1. The minimum absolute atomic E-state index is 0. The number of hydrogen-bond donors (Lipinski definition) is 3. The third-order valence-electron chi connectivity index (χ3n) is 5.49. The number of ether oxygens (including phenoxy) is 1. The quantitative estimate of drug-likeness (QED) is 0.225. The van der Waals surface area contributed by atoms with Crippen molar-refractivity contribution in [2.24, 2.45) is 4.99 Å². The molecular weight excluding hydrogens is 527 g/mol. The van der Waals surface area contributed by atoms with Gasteiger partial charge in [-0.25, -0.2) is 4.99 Å². The van der Waals surface area contributed by atoms with Gasteiger partial charge in [0, 0.05) is 19.6 Å². The molecule has 1 atom stereocenters. The van der Waals surface area contributed by atoms with Crippen LogP contribution < -0.4 is 15.4 Å². The van der Waals surface area contributed by atoms with Crippen LogP contribution in [0.5, 0.6) is 5.75 Å². The molecule has 0 saturated carbocycles. The maximum Gasteiger partial charge on any atom is 0.191 e. The van der Waals surface area contributed by atoms with Crippen LogP contribution in [0.2, 0.25) is 0 Å². The van der Waals surface area contributed by atoms with Gasteiger partial charge in [0.15, 0.2) is 5.96 Å². The van der Waals surface area contributed by atoms with E-state index in [0.29, 0.717) is 19.0 Å². The molecule has 7 heteroatoms. The van der Waals surface area contributed by atoms with E-state index in [-0.39, 0.29) is 30.1 Å². The normalized spacial score (nSPS) is 15.2. The lowest BCUT2D eigenvalue weighted by atomic mass is 10.1. The van der Waals surface area contributed by atoms with Gasteiger partial charge in [0.1, 0.15) is 5.75 Å². The minimum atomic E-state index is -0.628. The van der Waals surface area contributed by atoms with Gasteiger partial charge in [-0.2, -0.15) is 0 Å². The highest BCUT2D eigenvalue weighted by Crippen LogP contribution is 2.18. The molecule has 1 saturated heterocycles. The second kappa shape index (κ2) is 14.4. The van der Waals surface area contributed by atoms with Gasteiger partial charge in [-0.3, -0.25) is 4.90 Å². The summed E-state index contributed by atoms with van der Waals surface area (Å²) in [6.07, 6.45) is 2.14. The zero-order chi connectivity index (χ0) is 22.8. The van der Waals surface area contributed by atoms with Gasteiger partial charge in [-0.05, 0) is 75.5 Å². The predicted octanol–water partition coefficient (Wildman–Crippen LogP) is 4.48. The van der Waals surface area contributed by atoms with Crippen LogP contribution in [-0.4, -0.2) is 48.2 Å². The Kier molecular flexibility index (Phi) is 12.0. The predicted molar refractivity (Wildman–Crippen MR) is 146 cm³/mol. The Morgan fingerprint density at radius 1 is 1.00 bits per heavy atom. The summed E-state index contributed by atoms with van der Waals surface area (Å²) in [5, 5.41) is 17.1. The molecule has 1 heterocycles. The molecule has 182 valence electrons. The van der Waals surface area contributed by atoms with Crippen LogP contribution in [0.4, 0.5) is 0 Å². The molecule has 2 aromatic carbocycles. The first kappa shape index (κ1) is 27.4. The number of guanidine groups is 1. The van der Waals surface area contributed by atoms with Crippen LogP contribution in [-0.2, 0) is 13.1 Å². The molecule has 33 heavy (non-hydrogen) atoms. The van der Waals surface area contributed by atoms with E-state index < -0.39 is 6.10 Å². The second-order valence-electron chi connectivity index (χ2n) is 8.63. The van der Waals surface area contributed by atoms with Gasteiger partial charge in [0.2, 0.25) is 0 Å². The maximum absolute atomic E-state index is 10.6. The lowest BCUT2D eigenvalue weighted by Crippen LogP contribution is -2.39. The van der Waals surface area contributed by atoms with Crippen molar-refractivity contribution in [1.29, 1.82) is 0 Å². The Balaban J connectivity index is 0.00000385. The number of halogens is 1. The summed E-state index contributed by atoms with van der Waals surface area (Å²) >= 11 is 0. The van der Waals surface area contributed by atoms with E-state index in [2.05, 4.69) is 44.8 Å². The molecule has 3 N–H and O–H groups in total. The van der Waals surface area contributed by atoms with E-state index in [1.54, 1.807) is 0 Å². The Hall–Kier alpha value is -1.84. The highest BCUT2D eigenvalue weighted by atomic mass is 127. The van der Waals surface area contributed by atoms with Gasteiger partial charge in [0.25, 0.3) is 0 Å². The number of hydrogen-bond acceptors (Lipinski definition) is 4. The molecule has 0 aliphatic carbocycles. The van der Waals surface area contributed by atoms with Crippen LogP contribution >= 0.6 is 24.0 Å². The third-order valence-corrected chi connectivity index (χ3v) is 5.49. The van der Waals surface area contributed by atoms with Gasteiger partial charge in [-0.15, -0.1) is 24.0 Å². The van der Waals surface area contributed by atoms with Gasteiger partial charge < -0.3 is 20.5 Å². The van der Waals surface area contributed by atoms with Gasteiger partial charge >= 0.3 is 0 Å². The molecule has 0 amide bonds. The van der Waals surface area contributed by atoms with E-state index in [1.165, 1.54) is 37.1 Å². The fourth-order valence-electron chi connectivity index (χ4n) is 3.81. The summed E-state index contributed by atoms with van der Waals surface area (Å²) in [4.78, 5) is 7.19. The zero-order valence-electron chi connectivity index (χ0n) is 20.1. The summed E-state index contributed by atoms with van der Waals surface area (Å²) in [6, 6.07) is 16.3. The number of rotatable bonds is 10. The Bertz CT molecular complexity index is 834. The first-order valence-electron chi connectivity index (χ1n) is 11.8. The fraction of sp³-hybridized carbons (Fsp3) is 0.500. The molecule has 1 unspecified atom stereocenters. The number of aliphatic hydroxyl groups is 1. The summed E-state index contributed by atoms with van der Waals surface area (Å²) in [7, 11) is 0. The largest absolute Gasteiger partial charge is 0.491 e. The van der Waals surface area contributed by atoms with Crippen molar-refractivity contribution < 1.29 is 9.84 Å². The standard InChI is InChI=1S/C26H38N4O2.HI/c1-4-27-26(29-18-25(31)23-11-13-24(14-12-23)32-20(2)3)28-17-21-7-9-22(10-8-21)19-30-15-5-6-16-30;/h7-14,20,25,31H,4-6,15-19H2,1-3H3,(H2,27,28,29);1H. The molecule has 0 aromatic heterocycles. The van der Waals surface area contributed by atoms with Crippen molar-refractivity contribution in [3.8, 4) is 5.75 Å². The summed E-state index contributed by atoms with van der Waals surface area (Å²) in [5.74, 6) is 1.51. The average molecular weight is 567 g/mol. The average Bonchev–Trinajstić information content (AvgIpc) is 3.29. The minimum Gasteiger partial charge on any atom is -0.491 e. The molecule has 3 rings (SSSR count). The van der Waals surface area contributed by atoms with Crippen LogP contribution in [0.3, 0.4) is 0 Å². The molecule has 0 bridgehead atoms. The van der Waals surface area contributed by atoms with Crippen molar-refractivity contribution in [2.45, 2.75) is 58.9 Å². The summed E-state index contributed by atoms with van der Waals surface area (Å²) < 4.78 is 5.66. The van der Waals surface area contributed by atoms with E-state index >= 15 is 0 Å². The topological polar surface area (TPSA) is 69.1 Å². The molecule has 1 fully saturated rings. The van der Waals surface area contributed by atoms with Crippen molar-refractivity contribution >= 4 is 29.9 Å². The molecule has 0 radical (unpaired) electrons. The van der Waals surface area contributed by atoms with E-state index in [0.717, 1.165) is 24.4 Å². The Morgan fingerprint density at radius 2 is 1.64 bits per heavy atom. The summed E-state index contributed by atoms with van der Waals surface area (Å²) in [6.45, 7) is 11.2. The lowest BCUT2D eigenvalue weighted by molar-refractivity contribution is 0.180. The number of nitrogens with zero attached hydrogens (tertiary/aromatic N) is 2. The van der Waals surface area contributed by atoms with E-state index in [9.17, 15) is 5.11 Å². The van der Waals surface area contributed by atoms with E-state index in [4.69, 9.17) is 4.74 Å². The maximum atomic E-state index is 10.6. The van der Waals surface area contributed by atoms with Crippen LogP contribution in [0.1, 0.15) is 56.4 Å². The van der Waals surface area contributed by atoms with Crippen molar-refractivity contribution in [2.75, 3.05) is 26.2 Å². The highest BCUT2D eigenvalue weighted by Gasteiger charge is 2.12. The number of benzene rings is 2. The first-order chi connectivity index (χ1) is 15.5. The number of nitrogens with one attached hydrogen (secondary N) is 2. The third kappa shape index (κ3) is 9.51. The van der Waals surface area contributed by atoms with Crippen molar-refractivity contribution in [3.63, 3.8) is 0 Å². The van der Waals surface area contributed by atoms with Crippen LogP contribution in [0.15, 0.2) is 53.5 Å². The van der Waals surface area contributed by atoms with Gasteiger partial charge in [0.05, 0.1) is 18.8 Å². The molecule has 1 aliphatic rings. The lowest BCUT2D eigenvalue weighted by Gasteiger charge is -2.16. The second-order valence-corrected chi connectivity index (χ2v) is 8.63.